The van der Waals surface area contributed by atoms with E-state index in [1.807, 2.05) is 0 Å². The lowest BCUT2D eigenvalue weighted by molar-refractivity contribution is -0.0719. The predicted molar refractivity (Wildman–Crippen MR) is 64.4 cm³/mol. The second kappa shape index (κ2) is 6.49. The average molecular weight is 277 g/mol. The highest BCUT2D eigenvalue weighted by atomic mass is 35.5. The van der Waals surface area contributed by atoms with Crippen LogP contribution in [0.15, 0.2) is 6.20 Å². The van der Waals surface area contributed by atoms with E-state index >= 15 is 0 Å². The van der Waals surface area contributed by atoms with Crippen LogP contribution >= 0.6 is 11.6 Å². The van der Waals surface area contributed by atoms with Crippen molar-refractivity contribution in [1.29, 1.82) is 0 Å². The number of aliphatic hydroxyl groups is 1. The molecule has 102 valence electrons. The summed E-state index contributed by atoms with van der Waals surface area (Å²) in [6, 6.07) is 0. The van der Waals surface area contributed by atoms with Gasteiger partial charge in [-0.1, -0.05) is 11.6 Å². The molecule has 1 aliphatic rings. The van der Waals surface area contributed by atoms with E-state index in [-0.39, 0.29) is 6.29 Å². The molecule has 7 heteroatoms. The van der Waals surface area contributed by atoms with Gasteiger partial charge in [0, 0.05) is 13.5 Å². The van der Waals surface area contributed by atoms with Crippen molar-refractivity contribution in [2.75, 3.05) is 26.9 Å². The van der Waals surface area contributed by atoms with Gasteiger partial charge >= 0.3 is 0 Å². The first kappa shape index (κ1) is 13.8. The molecular weight excluding hydrogens is 260 g/mol. The maximum Gasteiger partial charge on any atom is 0.160 e. The number of rotatable bonds is 6. The summed E-state index contributed by atoms with van der Waals surface area (Å²) in [4.78, 5) is 0. The van der Waals surface area contributed by atoms with E-state index in [4.69, 9.17) is 25.8 Å². The Morgan fingerprint density at radius 3 is 3.00 bits per heavy atom. The summed E-state index contributed by atoms with van der Waals surface area (Å²) < 4.78 is 17.2. The Morgan fingerprint density at radius 1 is 1.61 bits per heavy atom. The zero-order valence-corrected chi connectivity index (χ0v) is 11.0. The smallest absolute Gasteiger partial charge is 0.160 e. The van der Waals surface area contributed by atoms with E-state index in [0.29, 0.717) is 43.5 Å². The first-order chi connectivity index (χ1) is 8.72. The summed E-state index contributed by atoms with van der Waals surface area (Å²) in [5, 5.41) is 14.7. The van der Waals surface area contributed by atoms with E-state index in [1.165, 1.54) is 6.20 Å². The number of hydrogen-bond donors (Lipinski definition) is 1. The number of nitrogens with zero attached hydrogens (tertiary/aromatic N) is 2. The predicted octanol–water partition coefficient (Wildman–Crippen LogP) is 0.979. The van der Waals surface area contributed by atoms with Crippen molar-refractivity contribution in [1.82, 2.24) is 9.78 Å². The Hall–Kier alpha value is -0.660. The molecule has 1 aromatic rings. The highest BCUT2D eigenvalue weighted by molar-refractivity contribution is 6.31. The van der Waals surface area contributed by atoms with Crippen molar-refractivity contribution in [3.8, 4) is 0 Å². The molecule has 0 bridgehead atoms. The maximum absolute atomic E-state index is 10.2. The molecule has 1 N–H and O–H groups in total. The van der Waals surface area contributed by atoms with Crippen LogP contribution in [0.2, 0.25) is 5.02 Å². The number of ether oxygens (including phenoxy) is 3. The molecule has 0 aromatic carbocycles. The van der Waals surface area contributed by atoms with Crippen molar-refractivity contribution in [2.24, 2.45) is 0 Å². The summed E-state index contributed by atoms with van der Waals surface area (Å²) >= 11 is 6.04. The highest BCUT2D eigenvalue weighted by Crippen LogP contribution is 2.27. The standard InChI is InChI=1S/C11H17ClN2O4/c1-16-3-2-14-11(8(12)7-13-14)9(15)6-10-17-4-5-18-10/h7,9-10,15H,2-6H2,1H3. The molecule has 1 aliphatic heterocycles. The molecule has 1 saturated heterocycles. The Kier molecular flexibility index (Phi) is 4.96. The lowest BCUT2D eigenvalue weighted by Crippen LogP contribution is -2.18. The number of aliphatic hydroxyl groups excluding tert-OH is 1. The molecule has 2 heterocycles. The van der Waals surface area contributed by atoms with Gasteiger partial charge in [0.05, 0.1) is 43.3 Å². The second-order valence-corrected chi connectivity index (χ2v) is 4.42. The monoisotopic (exact) mass is 276 g/mol. The zero-order chi connectivity index (χ0) is 13.0. The Morgan fingerprint density at radius 2 is 2.33 bits per heavy atom. The van der Waals surface area contributed by atoms with Gasteiger partial charge in [0.1, 0.15) is 6.10 Å². The van der Waals surface area contributed by atoms with Gasteiger partial charge in [-0.15, -0.1) is 0 Å². The molecule has 0 amide bonds. The zero-order valence-electron chi connectivity index (χ0n) is 10.2. The fourth-order valence-electron chi connectivity index (χ4n) is 1.90. The first-order valence-electron chi connectivity index (χ1n) is 5.83. The third-order valence-electron chi connectivity index (χ3n) is 2.76. The van der Waals surface area contributed by atoms with Crippen LogP contribution in [0.3, 0.4) is 0 Å². The van der Waals surface area contributed by atoms with E-state index in [9.17, 15) is 5.11 Å². The Labute approximate surface area is 110 Å². The number of methoxy groups -OCH3 is 1. The van der Waals surface area contributed by atoms with Crippen molar-refractivity contribution in [3.63, 3.8) is 0 Å². The highest BCUT2D eigenvalue weighted by Gasteiger charge is 2.25. The molecule has 1 unspecified atom stereocenters. The van der Waals surface area contributed by atoms with Gasteiger partial charge in [-0.2, -0.15) is 5.10 Å². The first-order valence-corrected chi connectivity index (χ1v) is 6.21. The van der Waals surface area contributed by atoms with Crippen molar-refractivity contribution in [2.45, 2.75) is 25.4 Å². The topological polar surface area (TPSA) is 65.7 Å². The molecule has 0 spiro atoms. The molecule has 18 heavy (non-hydrogen) atoms. The average Bonchev–Trinajstić information content (AvgIpc) is 2.96. The van der Waals surface area contributed by atoms with Gasteiger partial charge in [0.25, 0.3) is 0 Å². The van der Waals surface area contributed by atoms with Crippen LogP contribution in [0, 0.1) is 0 Å². The summed E-state index contributed by atoms with van der Waals surface area (Å²) in [6.07, 6.45) is 0.728. The molecule has 0 radical (unpaired) electrons. The molecule has 2 rings (SSSR count). The molecular formula is C11H17ClN2O4. The van der Waals surface area contributed by atoms with Crippen LogP contribution in [0.25, 0.3) is 0 Å². The second-order valence-electron chi connectivity index (χ2n) is 4.02. The lowest BCUT2D eigenvalue weighted by atomic mass is 10.2. The summed E-state index contributed by atoms with van der Waals surface area (Å²) in [5.74, 6) is 0. The van der Waals surface area contributed by atoms with Crippen LogP contribution in [-0.4, -0.2) is 48.1 Å². The minimum Gasteiger partial charge on any atom is -0.387 e. The quantitative estimate of drug-likeness (QED) is 0.839. The van der Waals surface area contributed by atoms with Gasteiger partial charge in [-0.25, -0.2) is 0 Å². The third kappa shape index (κ3) is 3.21. The number of hydrogen-bond acceptors (Lipinski definition) is 5. The fraction of sp³-hybridized carbons (Fsp3) is 0.727. The van der Waals surface area contributed by atoms with E-state index in [0.717, 1.165) is 0 Å². The molecule has 0 aliphatic carbocycles. The van der Waals surface area contributed by atoms with Crippen molar-refractivity contribution >= 4 is 11.6 Å². The SMILES string of the molecule is COCCn1ncc(Cl)c1C(O)CC1OCCO1. The molecule has 1 aromatic heterocycles. The van der Waals surface area contributed by atoms with Gasteiger partial charge < -0.3 is 19.3 Å². The molecule has 6 nitrogen and oxygen atoms in total. The van der Waals surface area contributed by atoms with Crippen LogP contribution in [0.4, 0.5) is 0 Å². The lowest BCUT2D eigenvalue weighted by Gasteiger charge is -2.16. The normalized spacial score (nSPS) is 18.4. The van der Waals surface area contributed by atoms with Crippen molar-refractivity contribution < 1.29 is 19.3 Å². The Bertz CT molecular complexity index is 379. The number of halogens is 1. The third-order valence-corrected chi connectivity index (χ3v) is 3.05. The van der Waals surface area contributed by atoms with E-state index in [1.54, 1.807) is 11.8 Å². The van der Waals surface area contributed by atoms with Gasteiger partial charge in [-0.3, -0.25) is 4.68 Å². The molecule has 1 atom stereocenters. The van der Waals surface area contributed by atoms with Crippen molar-refractivity contribution in [3.05, 3.63) is 16.9 Å². The summed E-state index contributed by atoms with van der Waals surface area (Å²) in [6.45, 7) is 2.18. The summed E-state index contributed by atoms with van der Waals surface area (Å²) in [7, 11) is 1.61. The van der Waals surface area contributed by atoms with Gasteiger partial charge in [0.15, 0.2) is 6.29 Å². The van der Waals surface area contributed by atoms with Crippen LogP contribution < -0.4 is 0 Å². The van der Waals surface area contributed by atoms with Gasteiger partial charge in [-0.05, 0) is 0 Å². The minimum absolute atomic E-state index is 0.346. The van der Waals surface area contributed by atoms with E-state index < -0.39 is 6.10 Å². The maximum atomic E-state index is 10.2. The fourth-order valence-corrected chi connectivity index (χ4v) is 2.16. The molecule has 0 saturated carbocycles. The molecule has 1 fully saturated rings. The van der Waals surface area contributed by atoms with Crippen LogP contribution in [-0.2, 0) is 20.8 Å². The van der Waals surface area contributed by atoms with E-state index in [2.05, 4.69) is 5.10 Å². The van der Waals surface area contributed by atoms with Crippen LogP contribution in [0.5, 0.6) is 0 Å². The minimum atomic E-state index is -0.764. The summed E-state index contributed by atoms with van der Waals surface area (Å²) in [5.41, 5.74) is 0.577. The largest absolute Gasteiger partial charge is 0.387 e. The Balaban J connectivity index is 2.02. The van der Waals surface area contributed by atoms with Gasteiger partial charge in [0.2, 0.25) is 0 Å². The number of aromatic nitrogens is 2. The van der Waals surface area contributed by atoms with Crippen LogP contribution in [0.1, 0.15) is 18.2 Å².